The maximum Gasteiger partial charge on any atom is 0.0934 e. The van der Waals surface area contributed by atoms with Crippen LogP contribution >= 0.6 is 22.9 Å². The lowest BCUT2D eigenvalue weighted by molar-refractivity contribution is 0.0739. The largest absolute Gasteiger partial charge is 0.377 e. The first kappa shape index (κ1) is 12.4. The highest BCUT2D eigenvalue weighted by Crippen LogP contribution is 2.39. The molecule has 2 atom stereocenters. The summed E-state index contributed by atoms with van der Waals surface area (Å²) in [5.74, 6) is 0. The quantitative estimate of drug-likeness (QED) is 0.875. The fraction of sp³-hybridized carbons (Fsp3) is 0.667. The van der Waals surface area contributed by atoms with Crippen molar-refractivity contribution in [2.75, 3.05) is 13.2 Å². The van der Waals surface area contributed by atoms with Gasteiger partial charge in [0.05, 0.1) is 10.4 Å². The third kappa shape index (κ3) is 2.77. The molecule has 1 aromatic heterocycles. The van der Waals surface area contributed by atoms with Gasteiger partial charge in [-0.05, 0) is 38.3 Å². The van der Waals surface area contributed by atoms with Crippen molar-refractivity contribution in [2.24, 2.45) is 0 Å². The van der Waals surface area contributed by atoms with Crippen LogP contribution in [0.5, 0.6) is 0 Å². The molecule has 2 nitrogen and oxygen atoms in total. The lowest BCUT2D eigenvalue weighted by Crippen LogP contribution is -2.29. The van der Waals surface area contributed by atoms with Crippen molar-refractivity contribution in [3.63, 3.8) is 0 Å². The van der Waals surface area contributed by atoms with Gasteiger partial charge in [-0.1, -0.05) is 11.6 Å². The number of ether oxygens (including phenoxy) is 1. The molecule has 1 aliphatic carbocycles. The Hall–Kier alpha value is -0.0900. The van der Waals surface area contributed by atoms with E-state index >= 15 is 0 Å². The highest BCUT2D eigenvalue weighted by atomic mass is 35.5. The Labute approximate surface area is 106 Å². The van der Waals surface area contributed by atoms with Gasteiger partial charge >= 0.3 is 0 Å². The van der Waals surface area contributed by atoms with Crippen LogP contribution in [0, 0.1) is 0 Å². The zero-order chi connectivity index (χ0) is 11.5. The molecule has 1 aliphatic rings. The molecule has 0 radical (unpaired) electrons. The summed E-state index contributed by atoms with van der Waals surface area (Å²) in [6, 6.07) is 2.58. The minimum absolute atomic E-state index is 0.281. The van der Waals surface area contributed by atoms with E-state index < -0.39 is 0 Å². The molecule has 1 aromatic rings. The molecule has 0 saturated carbocycles. The minimum Gasteiger partial charge on any atom is -0.377 e. The van der Waals surface area contributed by atoms with Crippen LogP contribution in [0.3, 0.4) is 0 Å². The molecule has 0 fully saturated rings. The van der Waals surface area contributed by atoms with Gasteiger partial charge in [0.15, 0.2) is 0 Å². The van der Waals surface area contributed by atoms with E-state index in [-0.39, 0.29) is 6.10 Å². The summed E-state index contributed by atoms with van der Waals surface area (Å²) < 4.78 is 6.42. The topological polar surface area (TPSA) is 21.3 Å². The maximum atomic E-state index is 6.02. The summed E-state index contributed by atoms with van der Waals surface area (Å²) in [6.07, 6.45) is 2.63. The average molecular weight is 260 g/mol. The Balaban J connectivity index is 1.88. The number of aryl methyl sites for hydroxylation is 1. The van der Waals surface area contributed by atoms with Gasteiger partial charge in [-0.25, -0.2) is 0 Å². The number of hydrogen-bond donors (Lipinski definition) is 1. The van der Waals surface area contributed by atoms with Gasteiger partial charge in [-0.15, -0.1) is 11.3 Å². The zero-order valence-electron chi connectivity index (χ0n) is 9.75. The Morgan fingerprint density at radius 2 is 2.50 bits per heavy atom. The molecule has 90 valence electrons. The monoisotopic (exact) mass is 259 g/mol. The SMILES string of the molecule is CCOC(C)CNC1CCc2sc(Cl)cc21. The van der Waals surface area contributed by atoms with E-state index in [1.54, 1.807) is 11.3 Å². The van der Waals surface area contributed by atoms with E-state index in [9.17, 15) is 0 Å². The summed E-state index contributed by atoms with van der Waals surface area (Å²) >= 11 is 7.74. The van der Waals surface area contributed by atoms with Gasteiger partial charge in [0.1, 0.15) is 0 Å². The summed E-state index contributed by atoms with van der Waals surface area (Å²) in [6.45, 7) is 5.82. The number of rotatable bonds is 5. The average Bonchev–Trinajstić information content (AvgIpc) is 2.75. The van der Waals surface area contributed by atoms with E-state index in [0.29, 0.717) is 6.04 Å². The number of thiophene rings is 1. The Morgan fingerprint density at radius 1 is 1.69 bits per heavy atom. The van der Waals surface area contributed by atoms with E-state index in [1.165, 1.54) is 16.9 Å². The first-order valence-corrected chi connectivity index (χ1v) is 7.03. The van der Waals surface area contributed by atoms with Gasteiger partial charge < -0.3 is 10.1 Å². The number of halogens is 1. The van der Waals surface area contributed by atoms with Gasteiger partial charge in [0, 0.05) is 24.1 Å². The normalized spacial score (nSPS) is 21.1. The highest BCUT2D eigenvalue weighted by molar-refractivity contribution is 7.16. The van der Waals surface area contributed by atoms with Crippen molar-refractivity contribution in [3.05, 3.63) is 20.8 Å². The van der Waals surface area contributed by atoms with E-state index in [2.05, 4.69) is 18.3 Å². The van der Waals surface area contributed by atoms with E-state index in [4.69, 9.17) is 16.3 Å². The number of nitrogens with one attached hydrogen (secondary N) is 1. The van der Waals surface area contributed by atoms with Crippen molar-refractivity contribution in [3.8, 4) is 0 Å². The molecule has 0 saturated heterocycles. The van der Waals surface area contributed by atoms with Crippen LogP contribution in [0.15, 0.2) is 6.07 Å². The van der Waals surface area contributed by atoms with E-state index in [0.717, 1.165) is 23.9 Å². The van der Waals surface area contributed by atoms with Crippen molar-refractivity contribution in [1.82, 2.24) is 5.32 Å². The van der Waals surface area contributed by atoms with E-state index in [1.807, 2.05) is 6.92 Å². The summed E-state index contributed by atoms with van der Waals surface area (Å²) in [4.78, 5) is 1.45. The lowest BCUT2D eigenvalue weighted by atomic mass is 10.2. The Morgan fingerprint density at radius 3 is 3.25 bits per heavy atom. The maximum absolute atomic E-state index is 6.02. The Bertz CT molecular complexity index is 353. The molecule has 0 aliphatic heterocycles. The van der Waals surface area contributed by atoms with Crippen molar-refractivity contribution < 1.29 is 4.74 Å². The fourth-order valence-electron chi connectivity index (χ4n) is 2.19. The van der Waals surface area contributed by atoms with Crippen LogP contribution < -0.4 is 5.32 Å². The first-order chi connectivity index (χ1) is 7.70. The second-order valence-electron chi connectivity index (χ2n) is 4.19. The van der Waals surface area contributed by atoms with Gasteiger partial charge in [-0.2, -0.15) is 0 Å². The van der Waals surface area contributed by atoms with Crippen LogP contribution in [0.25, 0.3) is 0 Å². The number of fused-ring (bicyclic) bond motifs is 1. The van der Waals surface area contributed by atoms with Crippen molar-refractivity contribution in [2.45, 2.75) is 38.8 Å². The van der Waals surface area contributed by atoms with Gasteiger partial charge in [0.25, 0.3) is 0 Å². The lowest BCUT2D eigenvalue weighted by Gasteiger charge is -2.17. The summed E-state index contributed by atoms with van der Waals surface area (Å²) in [5, 5.41) is 3.56. The Kier molecular flexibility index (Phi) is 4.25. The molecular weight excluding hydrogens is 242 g/mol. The molecule has 0 amide bonds. The molecular formula is C12H18ClNOS. The standard InChI is InChI=1S/C12H18ClNOS/c1-3-15-8(2)7-14-10-4-5-11-9(10)6-12(13)16-11/h6,8,10,14H,3-5,7H2,1-2H3. The van der Waals surface area contributed by atoms with Gasteiger partial charge in [0.2, 0.25) is 0 Å². The van der Waals surface area contributed by atoms with Crippen molar-refractivity contribution in [1.29, 1.82) is 0 Å². The smallest absolute Gasteiger partial charge is 0.0934 e. The fourth-order valence-corrected chi connectivity index (χ4v) is 3.55. The molecule has 16 heavy (non-hydrogen) atoms. The van der Waals surface area contributed by atoms with Crippen LogP contribution in [-0.2, 0) is 11.2 Å². The zero-order valence-corrected chi connectivity index (χ0v) is 11.3. The molecule has 1 heterocycles. The third-order valence-electron chi connectivity index (χ3n) is 2.95. The molecule has 2 rings (SSSR count). The molecule has 0 bridgehead atoms. The van der Waals surface area contributed by atoms with Crippen LogP contribution in [0.1, 0.15) is 36.8 Å². The van der Waals surface area contributed by atoms with Gasteiger partial charge in [-0.3, -0.25) is 0 Å². The molecule has 4 heteroatoms. The first-order valence-electron chi connectivity index (χ1n) is 5.83. The third-order valence-corrected chi connectivity index (χ3v) is 4.29. The molecule has 2 unspecified atom stereocenters. The number of hydrogen-bond acceptors (Lipinski definition) is 3. The predicted molar refractivity (Wildman–Crippen MR) is 69.5 cm³/mol. The second kappa shape index (κ2) is 5.50. The minimum atomic E-state index is 0.281. The summed E-state index contributed by atoms with van der Waals surface area (Å²) in [7, 11) is 0. The van der Waals surface area contributed by atoms with Crippen LogP contribution in [0.2, 0.25) is 4.34 Å². The van der Waals surface area contributed by atoms with Crippen molar-refractivity contribution >= 4 is 22.9 Å². The predicted octanol–water partition coefficient (Wildman–Crippen LogP) is 3.40. The van der Waals surface area contributed by atoms with Crippen LogP contribution in [0.4, 0.5) is 0 Å². The van der Waals surface area contributed by atoms with Crippen LogP contribution in [-0.4, -0.2) is 19.3 Å². The molecule has 0 spiro atoms. The summed E-state index contributed by atoms with van der Waals surface area (Å²) in [5.41, 5.74) is 1.40. The highest BCUT2D eigenvalue weighted by Gasteiger charge is 2.24. The molecule has 1 N–H and O–H groups in total. The molecule has 0 aromatic carbocycles. The second-order valence-corrected chi connectivity index (χ2v) is 5.96.